The first kappa shape index (κ1) is 14.7. The fraction of sp³-hybridized carbons (Fsp3) is 0.857. The summed E-state index contributed by atoms with van der Waals surface area (Å²) >= 11 is 0. The fourth-order valence-corrected chi connectivity index (χ4v) is 0.760. The summed E-state index contributed by atoms with van der Waals surface area (Å²) < 4.78 is 0. The van der Waals surface area contributed by atoms with E-state index in [2.05, 4.69) is 0 Å². The van der Waals surface area contributed by atoms with Crippen molar-refractivity contribution in [1.82, 2.24) is 4.90 Å². The van der Waals surface area contributed by atoms with Gasteiger partial charge in [0, 0.05) is 19.6 Å². The number of aliphatic hydroxyl groups is 3. The van der Waals surface area contributed by atoms with Crippen LogP contribution < -0.4 is 0 Å². The first-order chi connectivity index (χ1) is 6.26. The van der Waals surface area contributed by atoms with Crippen molar-refractivity contribution in [3.8, 4) is 0 Å². The van der Waals surface area contributed by atoms with Crippen molar-refractivity contribution < 1.29 is 20.1 Å². The molecule has 0 atom stereocenters. The minimum absolute atomic E-state index is 0.0694. The molecule has 0 bridgehead atoms. The Balaban J connectivity index is 0. The number of hydrogen-bond acceptors (Lipinski definition) is 6. The second-order valence-electron chi connectivity index (χ2n) is 2.11. The molecule has 0 spiro atoms. The quantitative estimate of drug-likeness (QED) is 0.292. The third-order valence-electron chi connectivity index (χ3n) is 1.25. The summed E-state index contributed by atoms with van der Waals surface area (Å²) in [6.45, 7) is 1.75. The van der Waals surface area contributed by atoms with E-state index in [1.54, 1.807) is 4.90 Å². The molecule has 0 aromatic heterocycles. The lowest BCUT2D eigenvalue weighted by molar-refractivity contribution is 0.136. The van der Waals surface area contributed by atoms with Gasteiger partial charge < -0.3 is 15.3 Å². The highest BCUT2D eigenvalue weighted by Gasteiger charge is 2.00. The van der Waals surface area contributed by atoms with Gasteiger partial charge in [-0.15, -0.1) is 0 Å². The topological polar surface area (TPSA) is 105 Å². The SMILES string of the molecule is N=C=O.OCCN(CCO)CCO. The standard InChI is InChI=1S/C6H15NO3.CHNO/c8-4-1-7(2-5-9)3-6-10;2-1-3/h8-10H,1-6H2;2H. The maximum atomic E-state index is 8.48. The van der Waals surface area contributed by atoms with E-state index < -0.39 is 0 Å². The van der Waals surface area contributed by atoms with Gasteiger partial charge >= 0.3 is 0 Å². The molecule has 0 saturated heterocycles. The molecule has 6 heteroatoms. The Labute approximate surface area is 76.9 Å². The highest BCUT2D eigenvalue weighted by Crippen LogP contribution is 1.84. The predicted molar refractivity (Wildman–Crippen MR) is 46.1 cm³/mol. The van der Waals surface area contributed by atoms with Gasteiger partial charge in [0.05, 0.1) is 19.8 Å². The molecule has 13 heavy (non-hydrogen) atoms. The molecule has 0 radical (unpaired) electrons. The highest BCUT2D eigenvalue weighted by molar-refractivity contribution is 5.26. The first-order valence-electron chi connectivity index (χ1n) is 3.85. The van der Waals surface area contributed by atoms with Gasteiger partial charge in [-0.3, -0.25) is 4.90 Å². The normalized spacial score (nSPS) is 8.92. The van der Waals surface area contributed by atoms with Crippen molar-refractivity contribution in [3.63, 3.8) is 0 Å². The third-order valence-corrected chi connectivity index (χ3v) is 1.25. The molecule has 0 rings (SSSR count). The van der Waals surface area contributed by atoms with E-state index in [1.807, 2.05) is 0 Å². The van der Waals surface area contributed by atoms with Crippen molar-refractivity contribution >= 4 is 6.08 Å². The molecular weight excluding hydrogens is 176 g/mol. The first-order valence-corrected chi connectivity index (χ1v) is 3.85. The second-order valence-corrected chi connectivity index (χ2v) is 2.11. The summed E-state index contributed by atoms with van der Waals surface area (Å²) in [5, 5.41) is 30.9. The molecule has 6 nitrogen and oxygen atoms in total. The second kappa shape index (κ2) is 13.8. The summed E-state index contributed by atoms with van der Waals surface area (Å²) in [6.07, 6.45) is 0.750. The smallest absolute Gasteiger partial charge is 0.231 e. The number of carbonyl (C=O) groups excluding carboxylic acids is 1. The molecule has 0 fully saturated rings. The summed E-state index contributed by atoms with van der Waals surface area (Å²) in [4.78, 5) is 10.1. The average molecular weight is 192 g/mol. The number of nitrogens with zero attached hydrogens (tertiary/aromatic N) is 1. The molecule has 0 amide bonds. The van der Waals surface area contributed by atoms with Gasteiger partial charge in [0.25, 0.3) is 0 Å². The van der Waals surface area contributed by atoms with Gasteiger partial charge in [0.2, 0.25) is 6.08 Å². The van der Waals surface area contributed by atoms with Crippen LogP contribution in [0.4, 0.5) is 0 Å². The summed E-state index contributed by atoms with van der Waals surface area (Å²) in [5.41, 5.74) is 0. The number of nitrogens with one attached hydrogen (secondary N) is 1. The molecule has 4 N–H and O–H groups in total. The molecule has 0 heterocycles. The van der Waals surface area contributed by atoms with Crippen LogP contribution in [0.1, 0.15) is 0 Å². The van der Waals surface area contributed by atoms with E-state index in [9.17, 15) is 0 Å². The van der Waals surface area contributed by atoms with Gasteiger partial charge in [-0.25, -0.2) is 10.2 Å². The molecule has 0 aliphatic heterocycles. The zero-order valence-corrected chi connectivity index (χ0v) is 7.44. The maximum absolute atomic E-state index is 8.48. The van der Waals surface area contributed by atoms with E-state index in [0.29, 0.717) is 19.6 Å². The van der Waals surface area contributed by atoms with Crippen LogP contribution >= 0.6 is 0 Å². The largest absolute Gasteiger partial charge is 0.395 e. The summed E-state index contributed by atoms with van der Waals surface area (Å²) in [6, 6.07) is 0. The lowest BCUT2D eigenvalue weighted by atomic mass is 10.4. The van der Waals surface area contributed by atoms with E-state index >= 15 is 0 Å². The van der Waals surface area contributed by atoms with Crippen LogP contribution in [0.5, 0.6) is 0 Å². The molecule has 0 aromatic carbocycles. The number of hydrogen-bond donors (Lipinski definition) is 4. The van der Waals surface area contributed by atoms with Crippen molar-refractivity contribution in [2.45, 2.75) is 0 Å². The summed E-state index contributed by atoms with van der Waals surface area (Å²) in [5.74, 6) is 0. The Kier molecular flexibility index (Phi) is 15.6. The van der Waals surface area contributed by atoms with E-state index in [4.69, 9.17) is 25.5 Å². The van der Waals surface area contributed by atoms with Gasteiger partial charge in [-0.1, -0.05) is 0 Å². The van der Waals surface area contributed by atoms with Crippen LogP contribution in [0, 0.1) is 5.41 Å². The van der Waals surface area contributed by atoms with Crippen molar-refractivity contribution in [2.75, 3.05) is 39.5 Å². The molecular formula is C7H16N2O4. The van der Waals surface area contributed by atoms with Gasteiger partial charge in [-0.05, 0) is 0 Å². The monoisotopic (exact) mass is 192 g/mol. The minimum Gasteiger partial charge on any atom is -0.395 e. The van der Waals surface area contributed by atoms with E-state index in [0.717, 1.165) is 6.08 Å². The van der Waals surface area contributed by atoms with Crippen molar-refractivity contribution in [2.24, 2.45) is 0 Å². The van der Waals surface area contributed by atoms with Gasteiger partial charge in [-0.2, -0.15) is 0 Å². The van der Waals surface area contributed by atoms with Crippen LogP contribution in [0.15, 0.2) is 0 Å². The van der Waals surface area contributed by atoms with E-state index in [-0.39, 0.29) is 19.8 Å². The van der Waals surface area contributed by atoms with Crippen LogP contribution in [0.2, 0.25) is 0 Å². The Hall–Kier alpha value is -0.780. The van der Waals surface area contributed by atoms with Crippen LogP contribution in [-0.2, 0) is 4.79 Å². The lowest BCUT2D eigenvalue weighted by Crippen LogP contribution is -2.32. The molecule has 0 aliphatic carbocycles. The van der Waals surface area contributed by atoms with Crippen LogP contribution in [0.3, 0.4) is 0 Å². The minimum atomic E-state index is 0.0694. The Morgan fingerprint density at radius 3 is 1.38 bits per heavy atom. The van der Waals surface area contributed by atoms with Gasteiger partial charge in [0.1, 0.15) is 0 Å². The molecule has 0 unspecified atom stereocenters. The Bertz CT molecular complexity index is 111. The van der Waals surface area contributed by atoms with E-state index in [1.165, 1.54) is 0 Å². The summed E-state index contributed by atoms with van der Waals surface area (Å²) in [7, 11) is 0. The zero-order valence-electron chi connectivity index (χ0n) is 7.44. The molecule has 78 valence electrons. The number of aliphatic hydroxyl groups excluding tert-OH is 3. The van der Waals surface area contributed by atoms with Crippen LogP contribution in [-0.4, -0.2) is 65.8 Å². The Morgan fingerprint density at radius 2 is 1.23 bits per heavy atom. The van der Waals surface area contributed by atoms with Crippen molar-refractivity contribution in [1.29, 1.82) is 5.41 Å². The number of rotatable bonds is 6. The average Bonchev–Trinajstić information content (AvgIpc) is 2.07. The van der Waals surface area contributed by atoms with Gasteiger partial charge in [0.15, 0.2) is 0 Å². The highest BCUT2D eigenvalue weighted by atomic mass is 16.3. The lowest BCUT2D eigenvalue weighted by Gasteiger charge is -2.17. The molecule has 0 saturated carbocycles. The predicted octanol–water partition coefficient (Wildman–Crippen LogP) is -1.83. The maximum Gasteiger partial charge on any atom is 0.231 e. The Morgan fingerprint density at radius 1 is 1.00 bits per heavy atom. The molecule has 0 aliphatic rings. The number of isocyanates is 1. The fourth-order valence-electron chi connectivity index (χ4n) is 0.760. The third kappa shape index (κ3) is 14.1. The van der Waals surface area contributed by atoms with Crippen molar-refractivity contribution in [3.05, 3.63) is 0 Å². The zero-order chi connectivity index (χ0) is 10.5. The molecule has 0 aromatic rings. The van der Waals surface area contributed by atoms with Crippen LogP contribution in [0.25, 0.3) is 0 Å².